The van der Waals surface area contributed by atoms with Gasteiger partial charge in [0.05, 0.1) is 5.69 Å². The lowest BCUT2D eigenvalue weighted by Gasteiger charge is -2.21. The van der Waals surface area contributed by atoms with Crippen LogP contribution in [0.15, 0.2) is 30.3 Å². The summed E-state index contributed by atoms with van der Waals surface area (Å²) >= 11 is 0. The molecule has 0 bridgehead atoms. The minimum absolute atomic E-state index is 0.103. The molecule has 0 aliphatic carbocycles. The lowest BCUT2D eigenvalue weighted by Crippen LogP contribution is -2.42. The zero-order chi connectivity index (χ0) is 17.3. The number of carbonyl (C=O) groups excluding carboxylic acids is 2. The Bertz CT molecular complexity index is 787. The number of hydrogen-bond acceptors (Lipinski definition) is 3. The molecule has 1 aliphatic rings. The number of anilines is 1. The van der Waals surface area contributed by atoms with Gasteiger partial charge in [0.2, 0.25) is 11.8 Å². The van der Waals surface area contributed by atoms with Crippen LogP contribution >= 0.6 is 0 Å². The van der Waals surface area contributed by atoms with Gasteiger partial charge in [-0.2, -0.15) is 0 Å². The van der Waals surface area contributed by atoms with Crippen LogP contribution in [0.5, 0.6) is 0 Å². The highest BCUT2D eigenvalue weighted by atomic mass is 19.1. The molecule has 7 heteroatoms. The van der Waals surface area contributed by atoms with Crippen molar-refractivity contribution in [1.82, 2.24) is 14.7 Å². The summed E-state index contributed by atoms with van der Waals surface area (Å²) in [5.41, 5.74) is 1.35. The molecule has 1 aromatic carbocycles. The summed E-state index contributed by atoms with van der Waals surface area (Å²) in [6.45, 7) is 3.89. The average molecular weight is 330 g/mol. The maximum atomic E-state index is 13.4. The minimum atomic E-state index is -0.456. The van der Waals surface area contributed by atoms with Gasteiger partial charge >= 0.3 is 0 Å². The first-order chi connectivity index (χ1) is 11.5. The third-order valence-electron chi connectivity index (χ3n) is 4.15. The Morgan fingerprint density at radius 1 is 1.33 bits per heavy atom. The van der Waals surface area contributed by atoms with Crippen LogP contribution in [0.1, 0.15) is 25.5 Å². The lowest BCUT2D eigenvalue weighted by molar-refractivity contribution is -0.134. The summed E-state index contributed by atoms with van der Waals surface area (Å²) in [6.07, 6.45) is 1.46. The third-order valence-corrected chi connectivity index (χ3v) is 4.15. The van der Waals surface area contributed by atoms with Gasteiger partial charge in [0.25, 0.3) is 0 Å². The molecule has 2 aromatic rings. The number of rotatable bonds is 3. The quantitative estimate of drug-likeness (QED) is 0.939. The van der Waals surface area contributed by atoms with E-state index in [9.17, 15) is 14.0 Å². The molecule has 1 atom stereocenters. The van der Waals surface area contributed by atoms with Gasteiger partial charge in [-0.25, -0.2) is 9.07 Å². The van der Waals surface area contributed by atoms with Crippen molar-refractivity contribution in [2.24, 2.45) is 0 Å². The fourth-order valence-electron chi connectivity index (χ4n) is 3.03. The Balaban J connectivity index is 1.78. The van der Waals surface area contributed by atoms with Crippen LogP contribution in [0, 0.1) is 12.7 Å². The zero-order valence-corrected chi connectivity index (χ0v) is 13.6. The number of halogens is 1. The van der Waals surface area contributed by atoms with Gasteiger partial charge in [0.1, 0.15) is 11.9 Å². The van der Waals surface area contributed by atoms with E-state index < -0.39 is 6.04 Å². The van der Waals surface area contributed by atoms with E-state index >= 15 is 0 Å². The van der Waals surface area contributed by atoms with Crippen molar-refractivity contribution in [2.75, 3.05) is 11.9 Å². The van der Waals surface area contributed by atoms with E-state index in [1.807, 2.05) is 6.92 Å². The monoisotopic (exact) mass is 330 g/mol. The maximum Gasteiger partial charge on any atom is 0.248 e. The largest absolute Gasteiger partial charge is 0.331 e. The first kappa shape index (κ1) is 16.2. The molecular weight excluding hydrogens is 311 g/mol. The van der Waals surface area contributed by atoms with Gasteiger partial charge in [-0.1, -0.05) is 6.07 Å². The number of benzene rings is 1. The first-order valence-electron chi connectivity index (χ1n) is 7.86. The van der Waals surface area contributed by atoms with Crippen LogP contribution in [0.4, 0.5) is 10.2 Å². The van der Waals surface area contributed by atoms with E-state index in [4.69, 9.17) is 0 Å². The molecule has 126 valence electrons. The number of likely N-dealkylation sites (tertiary alicyclic amines) is 1. The Morgan fingerprint density at radius 2 is 2.12 bits per heavy atom. The molecule has 1 aromatic heterocycles. The normalized spacial score (nSPS) is 17.1. The van der Waals surface area contributed by atoms with Gasteiger partial charge in [-0.15, -0.1) is 5.10 Å². The zero-order valence-electron chi connectivity index (χ0n) is 13.6. The summed E-state index contributed by atoms with van der Waals surface area (Å²) in [4.78, 5) is 25.6. The predicted molar refractivity (Wildman–Crippen MR) is 87.3 cm³/mol. The average Bonchev–Trinajstić information content (AvgIpc) is 3.14. The van der Waals surface area contributed by atoms with Crippen molar-refractivity contribution in [3.63, 3.8) is 0 Å². The minimum Gasteiger partial charge on any atom is -0.331 e. The molecule has 0 spiro atoms. The molecule has 0 radical (unpaired) electrons. The van der Waals surface area contributed by atoms with Gasteiger partial charge in [-0.05, 0) is 38.0 Å². The molecule has 24 heavy (non-hydrogen) atoms. The lowest BCUT2D eigenvalue weighted by atomic mass is 10.2. The van der Waals surface area contributed by atoms with Gasteiger partial charge in [0, 0.05) is 25.2 Å². The van der Waals surface area contributed by atoms with Crippen molar-refractivity contribution in [3.05, 3.63) is 41.8 Å². The van der Waals surface area contributed by atoms with E-state index in [1.54, 1.807) is 27.8 Å². The predicted octanol–water partition coefficient (Wildman–Crippen LogP) is 2.27. The Kier molecular flexibility index (Phi) is 4.33. The molecule has 1 fully saturated rings. The van der Waals surface area contributed by atoms with Gasteiger partial charge in [-0.3, -0.25) is 9.59 Å². The summed E-state index contributed by atoms with van der Waals surface area (Å²) in [5, 5.41) is 7.07. The number of nitrogens with zero attached hydrogens (tertiary/aromatic N) is 3. The first-order valence-corrected chi connectivity index (χ1v) is 7.86. The highest BCUT2D eigenvalue weighted by molar-refractivity contribution is 5.96. The standard InChI is InChI=1S/C17H19FN4O2/c1-11-9-16(20-22(11)14-6-3-5-13(18)10-14)19-17(24)15-7-4-8-21(15)12(2)23/h3,5-6,9-10,15H,4,7-8H2,1-2H3,(H,19,20,24)/t15-/m0/s1. The number of aromatic nitrogens is 2. The van der Waals surface area contributed by atoms with Gasteiger partial charge < -0.3 is 10.2 Å². The van der Waals surface area contributed by atoms with E-state index in [0.29, 0.717) is 24.5 Å². The SMILES string of the molecule is CC(=O)N1CCC[C@H]1C(=O)Nc1cc(C)n(-c2cccc(F)c2)n1. The smallest absolute Gasteiger partial charge is 0.248 e. The van der Waals surface area contributed by atoms with Crippen molar-refractivity contribution in [2.45, 2.75) is 32.7 Å². The molecule has 0 saturated carbocycles. The molecular formula is C17H19FN4O2. The van der Waals surface area contributed by atoms with Crippen molar-refractivity contribution >= 4 is 17.6 Å². The van der Waals surface area contributed by atoms with E-state index in [0.717, 1.165) is 12.1 Å². The summed E-state index contributed by atoms with van der Waals surface area (Å²) in [7, 11) is 0. The van der Waals surface area contributed by atoms with E-state index in [1.165, 1.54) is 19.1 Å². The second-order valence-electron chi connectivity index (χ2n) is 5.92. The molecule has 2 amide bonds. The number of nitrogens with one attached hydrogen (secondary N) is 1. The topological polar surface area (TPSA) is 67.2 Å². The van der Waals surface area contributed by atoms with Crippen molar-refractivity contribution < 1.29 is 14.0 Å². The van der Waals surface area contributed by atoms with Crippen LogP contribution in [-0.4, -0.2) is 39.1 Å². The number of hydrogen-bond donors (Lipinski definition) is 1. The molecule has 1 aliphatic heterocycles. The van der Waals surface area contributed by atoms with Crippen LogP contribution in [0.25, 0.3) is 5.69 Å². The Morgan fingerprint density at radius 3 is 2.83 bits per heavy atom. The Labute approximate surface area is 139 Å². The second-order valence-corrected chi connectivity index (χ2v) is 5.92. The second kappa shape index (κ2) is 6.43. The van der Waals surface area contributed by atoms with E-state index in [2.05, 4.69) is 10.4 Å². The highest BCUT2D eigenvalue weighted by Gasteiger charge is 2.32. The summed E-state index contributed by atoms with van der Waals surface area (Å²) in [6, 6.07) is 7.34. The Hall–Kier alpha value is -2.70. The maximum absolute atomic E-state index is 13.4. The van der Waals surface area contributed by atoms with Crippen LogP contribution in [0.3, 0.4) is 0 Å². The molecule has 3 rings (SSSR count). The molecule has 2 heterocycles. The van der Waals surface area contributed by atoms with Crippen LogP contribution < -0.4 is 5.32 Å². The third kappa shape index (κ3) is 3.15. The fraction of sp³-hybridized carbons (Fsp3) is 0.353. The van der Waals surface area contributed by atoms with Crippen molar-refractivity contribution in [3.8, 4) is 5.69 Å². The summed E-state index contributed by atoms with van der Waals surface area (Å²) < 4.78 is 14.9. The van der Waals surface area contributed by atoms with Crippen LogP contribution in [0.2, 0.25) is 0 Å². The van der Waals surface area contributed by atoms with Crippen LogP contribution in [-0.2, 0) is 9.59 Å². The number of aryl methyl sites for hydroxylation is 1. The van der Waals surface area contributed by atoms with Crippen molar-refractivity contribution in [1.29, 1.82) is 0 Å². The number of amides is 2. The van der Waals surface area contributed by atoms with Gasteiger partial charge in [0.15, 0.2) is 5.82 Å². The summed E-state index contributed by atoms with van der Waals surface area (Å²) in [5.74, 6) is -0.311. The fourth-order valence-corrected chi connectivity index (χ4v) is 3.03. The molecule has 6 nitrogen and oxygen atoms in total. The molecule has 1 N–H and O–H groups in total. The molecule has 0 unspecified atom stereocenters. The molecule has 1 saturated heterocycles. The number of carbonyl (C=O) groups is 2. The van der Waals surface area contributed by atoms with E-state index in [-0.39, 0.29) is 17.6 Å². The highest BCUT2D eigenvalue weighted by Crippen LogP contribution is 2.20.